The maximum atomic E-state index is 6.34. The molecule has 1 unspecified atom stereocenters. The van der Waals surface area contributed by atoms with Gasteiger partial charge in [0.15, 0.2) is 11.5 Å². The van der Waals surface area contributed by atoms with Gasteiger partial charge < -0.3 is 0 Å². The zero-order chi connectivity index (χ0) is 14.0. The van der Waals surface area contributed by atoms with Crippen molar-refractivity contribution in [1.29, 1.82) is 0 Å². The van der Waals surface area contributed by atoms with Gasteiger partial charge in [0.25, 0.3) is 0 Å². The van der Waals surface area contributed by atoms with Crippen molar-refractivity contribution in [1.82, 2.24) is 19.8 Å². The number of H-pyrrole nitrogens is 1. The highest BCUT2D eigenvalue weighted by Crippen LogP contribution is 2.28. The van der Waals surface area contributed by atoms with Gasteiger partial charge in [-0.05, 0) is 12.3 Å². The lowest BCUT2D eigenvalue weighted by Gasteiger charge is -2.06. The molecule has 2 aromatic heterocycles. The van der Waals surface area contributed by atoms with Crippen LogP contribution < -0.4 is 0 Å². The van der Waals surface area contributed by atoms with Crippen LogP contribution in [0.4, 0.5) is 0 Å². The van der Waals surface area contributed by atoms with E-state index in [4.69, 9.17) is 11.6 Å². The average molecular weight is 283 g/mol. The largest absolute Gasteiger partial charge is 0.279 e. The molecule has 2 rings (SSSR count). The molecule has 2 aromatic rings. The third-order valence-electron chi connectivity index (χ3n) is 3.54. The van der Waals surface area contributed by atoms with Crippen LogP contribution in [0.1, 0.15) is 76.7 Å². The molecular weight excluding hydrogens is 260 g/mol. The minimum Gasteiger partial charge on any atom is -0.279 e. The zero-order valence-electron chi connectivity index (χ0n) is 12.2. The summed E-state index contributed by atoms with van der Waals surface area (Å²) in [7, 11) is 0. The minimum atomic E-state index is 0.349. The van der Waals surface area contributed by atoms with Crippen molar-refractivity contribution in [2.75, 3.05) is 0 Å². The first-order chi connectivity index (χ1) is 9.04. The Morgan fingerprint density at radius 2 is 2.00 bits per heavy atom. The molecule has 0 radical (unpaired) electrons. The molecule has 0 bridgehead atoms. The summed E-state index contributed by atoms with van der Waals surface area (Å²) >= 11 is 6.34. The first-order valence-electron chi connectivity index (χ1n) is 7.18. The fraction of sp³-hybridized carbons (Fsp3) is 0.714. The van der Waals surface area contributed by atoms with Crippen molar-refractivity contribution in [2.24, 2.45) is 0 Å². The van der Waals surface area contributed by atoms with Crippen LogP contribution in [-0.4, -0.2) is 19.8 Å². The third-order valence-corrected chi connectivity index (χ3v) is 3.91. The van der Waals surface area contributed by atoms with Gasteiger partial charge in [0, 0.05) is 5.92 Å². The fourth-order valence-corrected chi connectivity index (χ4v) is 2.64. The second kappa shape index (κ2) is 5.95. The summed E-state index contributed by atoms with van der Waals surface area (Å²) in [5.41, 5.74) is 1.75. The number of fused-ring (bicyclic) bond motifs is 1. The molecule has 0 aliphatic heterocycles. The number of unbranched alkanes of at least 4 members (excludes halogenated alkanes) is 2. The number of aromatic amines is 1. The molecule has 0 spiro atoms. The maximum absolute atomic E-state index is 6.34. The summed E-state index contributed by atoms with van der Waals surface area (Å²) in [6.45, 7) is 8.61. The molecule has 106 valence electrons. The highest BCUT2D eigenvalue weighted by atomic mass is 35.5. The number of nitrogens with zero attached hydrogens (tertiary/aromatic N) is 3. The predicted molar refractivity (Wildman–Crippen MR) is 79.0 cm³/mol. The molecule has 19 heavy (non-hydrogen) atoms. The second-order valence-electron chi connectivity index (χ2n) is 5.60. The second-order valence-corrected chi connectivity index (χ2v) is 5.97. The van der Waals surface area contributed by atoms with Crippen molar-refractivity contribution in [3.63, 3.8) is 0 Å². The van der Waals surface area contributed by atoms with Crippen LogP contribution in [0.3, 0.4) is 0 Å². The van der Waals surface area contributed by atoms with Gasteiger partial charge in [-0.3, -0.25) is 5.10 Å². The monoisotopic (exact) mass is 282 g/mol. The molecule has 2 heterocycles. The van der Waals surface area contributed by atoms with Gasteiger partial charge in [0.2, 0.25) is 0 Å². The molecule has 0 saturated carbocycles. The SMILES string of the molecule is CCCCCC(C)c1nc2c(Cl)c(C(C)C)[nH]n2n1. The summed E-state index contributed by atoms with van der Waals surface area (Å²) in [6.07, 6.45) is 4.88. The summed E-state index contributed by atoms with van der Waals surface area (Å²) < 4.78 is 1.71. The average Bonchev–Trinajstić information content (AvgIpc) is 2.90. The van der Waals surface area contributed by atoms with Crippen LogP contribution in [0.5, 0.6) is 0 Å². The number of hydrogen-bond donors (Lipinski definition) is 1. The normalized spacial score (nSPS) is 13.6. The highest BCUT2D eigenvalue weighted by Gasteiger charge is 2.18. The van der Waals surface area contributed by atoms with Gasteiger partial charge in [0.1, 0.15) is 5.02 Å². The summed E-state index contributed by atoms with van der Waals surface area (Å²) in [5, 5.41) is 8.44. The van der Waals surface area contributed by atoms with E-state index in [1.807, 2.05) is 0 Å². The Morgan fingerprint density at radius 1 is 1.26 bits per heavy atom. The van der Waals surface area contributed by atoms with E-state index in [1.54, 1.807) is 4.63 Å². The quantitative estimate of drug-likeness (QED) is 0.792. The highest BCUT2D eigenvalue weighted by molar-refractivity contribution is 6.34. The molecule has 1 N–H and O–H groups in total. The fourth-order valence-electron chi connectivity index (χ4n) is 2.25. The van der Waals surface area contributed by atoms with Crippen molar-refractivity contribution in [2.45, 2.75) is 65.2 Å². The van der Waals surface area contributed by atoms with Crippen LogP contribution >= 0.6 is 11.6 Å². The van der Waals surface area contributed by atoms with Crippen LogP contribution in [0.2, 0.25) is 5.02 Å². The topological polar surface area (TPSA) is 46.0 Å². The molecule has 0 saturated heterocycles. The van der Waals surface area contributed by atoms with E-state index in [-0.39, 0.29) is 0 Å². The van der Waals surface area contributed by atoms with E-state index in [0.29, 0.717) is 16.9 Å². The van der Waals surface area contributed by atoms with Crippen molar-refractivity contribution >= 4 is 17.2 Å². The predicted octanol–water partition coefficient (Wildman–Crippen LogP) is 4.52. The Bertz CT molecular complexity index is 541. The van der Waals surface area contributed by atoms with E-state index in [2.05, 4.69) is 42.9 Å². The molecule has 0 aliphatic rings. The zero-order valence-corrected chi connectivity index (χ0v) is 13.0. The Labute approximate surface area is 119 Å². The van der Waals surface area contributed by atoms with Crippen LogP contribution in [-0.2, 0) is 0 Å². The van der Waals surface area contributed by atoms with E-state index in [0.717, 1.165) is 23.6 Å². The summed E-state index contributed by atoms with van der Waals surface area (Å²) in [4.78, 5) is 4.58. The van der Waals surface area contributed by atoms with Gasteiger partial charge in [-0.1, -0.05) is 58.6 Å². The van der Waals surface area contributed by atoms with E-state index >= 15 is 0 Å². The van der Waals surface area contributed by atoms with Gasteiger partial charge in [-0.15, -0.1) is 5.10 Å². The summed E-state index contributed by atoms with van der Waals surface area (Å²) in [5.74, 6) is 1.62. The van der Waals surface area contributed by atoms with E-state index in [1.165, 1.54) is 19.3 Å². The Kier molecular flexibility index (Phi) is 4.50. The maximum Gasteiger partial charge on any atom is 0.194 e. The lowest BCUT2D eigenvalue weighted by atomic mass is 10.0. The number of nitrogens with one attached hydrogen (secondary N) is 1. The molecule has 4 nitrogen and oxygen atoms in total. The number of halogens is 1. The molecule has 0 amide bonds. The Balaban J connectivity index is 2.18. The summed E-state index contributed by atoms with van der Waals surface area (Å²) in [6, 6.07) is 0. The molecule has 5 heteroatoms. The van der Waals surface area contributed by atoms with Crippen LogP contribution in [0.15, 0.2) is 0 Å². The van der Waals surface area contributed by atoms with E-state index < -0.39 is 0 Å². The molecule has 0 fully saturated rings. The van der Waals surface area contributed by atoms with Crippen LogP contribution in [0, 0.1) is 0 Å². The molecule has 1 atom stereocenters. The van der Waals surface area contributed by atoms with Crippen molar-refractivity contribution < 1.29 is 0 Å². The first kappa shape index (κ1) is 14.4. The molecular formula is C14H23ClN4. The third kappa shape index (κ3) is 2.94. The first-order valence-corrected chi connectivity index (χ1v) is 7.56. The minimum absolute atomic E-state index is 0.349. The molecule has 0 aliphatic carbocycles. The number of aromatic nitrogens is 4. The van der Waals surface area contributed by atoms with Gasteiger partial charge in [0.05, 0.1) is 5.69 Å². The van der Waals surface area contributed by atoms with Gasteiger partial charge in [-0.25, -0.2) is 4.98 Å². The van der Waals surface area contributed by atoms with Crippen molar-refractivity contribution in [3.8, 4) is 0 Å². The smallest absolute Gasteiger partial charge is 0.194 e. The van der Waals surface area contributed by atoms with Gasteiger partial charge >= 0.3 is 0 Å². The van der Waals surface area contributed by atoms with E-state index in [9.17, 15) is 0 Å². The van der Waals surface area contributed by atoms with Gasteiger partial charge in [-0.2, -0.15) is 4.63 Å². The standard InChI is InChI=1S/C14H23ClN4/c1-5-6-7-8-10(4)13-16-14-11(15)12(9(2)3)17-19(14)18-13/h9-10,17H,5-8H2,1-4H3. The Morgan fingerprint density at radius 3 is 2.58 bits per heavy atom. The molecule has 0 aromatic carbocycles. The number of hydrogen-bond acceptors (Lipinski definition) is 2. The van der Waals surface area contributed by atoms with Crippen molar-refractivity contribution in [3.05, 3.63) is 16.5 Å². The lowest BCUT2D eigenvalue weighted by molar-refractivity contribution is 0.571. The Hall–Kier alpha value is -1.03. The lowest BCUT2D eigenvalue weighted by Crippen LogP contribution is -1.99. The number of rotatable bonds is 6. The van der Waals surface area contributed by atoms with Crippen LogP contribution in [0.25, 0.3) is 5.65 Å².